The Kier molecular flexibility index (Phi) is 3.79. The Labute approximate surface area is 129 Å². The maximum atomic E-state index is 5.36. The fourth-order valence-electron chi connectivity index (χ4n) is 2.22. The Morgan fingerprint density at radius 3 is 2.52 bits per heavy atom. The number of anilines is 2. The number of aromatic nitrogens is 1. The Bertz CT molecular complexity index is 793. The maximum absolute atomic E-state index is 5.36. The quantitative estimate of drug-likeness (QED) is 0.689. The van der Waals surface area contributed by atoms with E-state index in [1.165, 1.54) is 5.39 Å². The molecule has 2 aromatic carbocycles. The summed E-state index contributed by atoms with van der Waals surface area (Å²) < 4.78 is 0. The molecule has 0 unspecified atom stereocenters. The molecule has 2 N–H and O–H groups in total. The largest absolute Gasteiger partial charge is 0.332 e. The van der Waals surface area contributed by atoms with Gasteiger partial charge in [-0.3, -0.25) is 0 Å². The van der Waals surface area contributed by atoms with Gasteiger partial charge < -0.3 is 10.6 Å². The summed E-state index contributed by atoms with van der Waals surface area (Å²) in [6, 6.07) is 20.1. The van der Waals surface area contributed by atoms with Crippen LogP contribution < -0.4 is 10.6 Å². The number of nitrogens with one attached hydrogen (secondary N) is 2. The smallest absolute Gasteiger partial charge is 0.176 e. The zero-order valence-electron chi connectivity index (χ0n) is 11.6. The van der Waals surface area contributed by atoms with E-state index in [1.54, 1.807) is 0 Å². The first kappa shape index (κ1) is 13.5. The van der Waals surface area contributed by atoms with Crippen LogP contribution in [0.1, 0.15) is 5.69 Å². The van der Waals surface area contributed by atoms with Gasteiger partial charge in [0.05, 0.1) is 0 Å². The summed E-state index contributed by atoms with van der Waals surface area (Å²) in [5, 5.41) is 9.19. The van der Waals surface area contributed by atoms with Crippen LogP contribution >= 0.6 is 12.2 Å². The Morgan fingerprint density at radius 1 is 0.905 bits per heavy atom. The van der Waals surface area contributed by atoms with Crippen molar-refractivity contribution in [2.24, 2.45) is 0 Å². The summed E-state index contributed by atoms with van der Waals surface area (Å²) in [6.45, 7) is 1.95. The van der Waals surface area contributed by atoms with E-state index in [0.717, 1.165) is 22.6 Å². The normalized spacial score (nSPS) is 10.3. The predicted octanol–water partition coefficient (Wildman–Crippen LogP) is 4.35. The third-order valence-corrected chi connectivity index (χ3v) is 3.37. The highest BCUT2D eigenvalue weighted by molar-refractivity contribution is 7.80. The molecule has 0 fully saturated rings. The van der Waals surface area contributed by atoms with Crippen molar-refractivity contribution in [3.8, 4) is 0 Å². The number of aryl methyl sites for hydroxylation is 1. The van der Waals surface area contributed by atoms with Crippen molar-refractivity contribution in [3.05, 3.63) is 66.4 Å². The second-order valence-corrected chi connectivity index (χ2v) is 5.18. The van der Waals surface area contributed by atoms with Crippen molar-refractivity contribution in [1.82, 2.24) is 4.98 Å². The predicted molar refractivity (Wildman–Crippen MR) is 92.8 cm³/mol. The minimum Gasteiger partial charge on any atom is -0.332 e. The van der Waals surface area contributed by atoms with Crippen LogP contribution in [0, 0.1) is 6.92 Å². The van der Waals surface area contributed by atoms with Crippen molar-refractivity contribution >= 4 is 39.6 Å². The summed E-state index contributed by atoms with van der Waals surface area (Å²) in [4.78, 5) is 4.38. The number of nitrogens with zero attached hydrogens (tertiary/aromatic N) is 1. The van der Waals surface area contributed by atoms with Gasteiger partial charge in [0.1, 0.15) is 5.82 Å². The summed E-state index contributed by atoms with van der Waals surface area (Å²) in [7, 11) is 0. The SMILES string of the molecule is Cc1cccc(NC(=S)Nc2cccc3ccccc23)n1. The number of rotatable bonds is 2. The maximum Gasteiger partial charge on any atom is 0.176 e. The van der Waals surface area contributed by atoms with Gasteiger partial charge in [0.15, 0.2) is 5.11 Å². The van der Waals surface area contributed by atoms with Crippen molar-refractivity contribution < 1.29 is 0 Å². The lowest BCUT2D eigenvalue weighted by atomic mass is 10.1. The minimum atomic E-state index is 0.532. The molecule has 3 rings (SSSR count). The molecule has 21 heavy (non-hydrogen) atoms. The van der Waals surface area contributed by atoms with E-state index in [4.69, 9.17) is 12.2 Å². The summed E-state index contributed by atoms with van der Waals surface area (Å²) in [6.07, 6.45) is 0. The fourth-order valence-corrected chi connectivity index (χ4v) is 2.43. The standard InChI is InChI=1S/C17H15N3S/c1-12-6-4-11-16(18-12)20-17(21)19-15-10-5-8-13-7-2-3-9-14(13)15/h2-11H,1H3,(H2,18,19,20,21). The second kappa shape index (κ2) is 5.89. The van der Waals surface area contributed by atoms with Gasteiger partial charge in [-0.05, 0) is 42.7 Å². The van der Waals surface area contributed by atoms with E-state index in [-0.39, 0.29) is 0 Å². The molecule has 0 saturated heterocycles. The molecule has 3 aromatic rings. The average molecular weight is 293 g/mol. The Balaban J connectivity index is 1.80. The molecule has 0 radical (unpaired) electrons. The summed E-state index contributed by atoms with van der Waals surface area (Å²) >= 11 is 5.36. The fraction of sp³-hybridized carbons (Fsp3) is 0.0588. The third kappa shape index (κ3) is 3.17. The van der Waals surface area contributed by atoms with Crippen molar-refractivity contribution in [1.29, 1.82) is 0 Å². The van der Waals surface area contributed by atoms with E-state index in [1.807, 2.05) is 49.4 Å². The lowest BCUT2D eigenvalue weighted by molar-refractivity contribution is 1.21. The van der Waals surface area contributed by atoms with Crippen LogP contribution in [0.15, 0.2) is 60.7 Å². The van der Waals surface area contributed by atoms with Crippen molar-refractivity contribution in [2.45, 2.75) is 6.92 Å². The number of fused-ring (bicyclic) bond motifs is 1. The number of pyridine rings is 1. The number of thiocarbonyl (C=S) groups is 1. The van der Waals surface area contributed by atoms with Crippen LogP contribution in [-0.4, -0.2) is 10.1 Å². The molecule has 0 spiro atoms. The van der Waals surface area contributed by atoms with Crippen LogP contribution in [0.3, 0.4) is 0 Å². The van der Waals surface area contributed by atoms with Gasteiger partial charge in [0.2, 0.25) is 0 Å². The number of hydrogen-bond acceptors (Lipinski definition) is 2. The molecule has 0 aliphatic heterocycles. The van der Waals surface area contributed by atoms with E-state index in [0.29, 0.717) is 5.11 Å². The summed E-state index contributed by atoms with van der Waals surface area (Å²) in [5.41, 5.74) is 1.94. The zero-order chi connectivity index (χ0) is 14.7. The van der Waals surface area contributed by atoms with Gasteiger partial charge in [-0.25, -0.2) is 4.98 Å². The molecule has 0 saturated carbocycles. The molecule has 0 bridgehead atoms. The average Bonchev–Trinajstić information content (AvgIpc) is 2.47. The van der Waals surface area contributed by atoms with Gasteiger partial charge in [0.25, 0.3) is 0 Å². The van der Waals surface area contributed by atoms with Crippen molar-refractivity contribution in [3.63, 3.8) is 0 Å². The molecule has 4 heteroatoms. The van der Waals surface area contributed by atoms with E-state index < -0.39 is 0 Å². The number of hydrogen-bond donors (Lipinski definition) is 2. The lowest BCUT2D eigenvalue weighted by Gasteiger charge is -2.12. The molecule has 1 heterocycles. The molecule has 1 aromatic heterocycles. The molecule has 104 valence electrons. The van der Waals surface area contributed by atoms with Crippen LogP contribution in [0.25, 0.3) is 10.8 Å². The molecular weight excluding hydrogens is 278 g/mol. The topological polar surface area (TPSA) is 37.0 Å². The van der Waals surface area contributed by atoms with Crippen LogP contribution in [0.4, 0.5) is 11.5 Å². The van der Waals surface area contributed by atoms with Gasteiger partial charge in [-0.1, -0.05) is 42.5 Å². The molecule has 3 nitrogen and oxygen atoms in total. The third-order valence-electron chi connectivity index (χ3n) is 3.17. The van der Waals surface area contributed by atoms with E-state index in [9.17, 15) is 0 Å². The molecule has 0 aliphatic carbocycles. The first-order chi connectivity index (χ1) is 10.2. The highest BCUT2D eigenvalue weighted by atomic mass is 32.1. The van der Waals surface area contributed by atoms with E-state index >= 15 is 0 Å². The first-order valence-corrected chi connectivity index (χ1v) is 7.12. The van der Waals surface area contributed by atoms with Gasteiger partial charge in [-0.2, -0.15) is 0 Å². The van der Waals surface area contributed by atoms with Crippen molar-refractivity contribution in [2.75, 3.05) is 10.6 Å². The number of benzene rings is 2. The van der Waals surface area contributed by atoms with E-state index in [2.05, 4.69) is 33.8 Å². The Hall–Kier alpha value is -2.46. The summed E-state index contributed by atoms with van der Waals surface area (Å²) in [5.74, 6) is 0.743. The van der Waals surface area contributed by atoms with Gasteiger partial charge in [0, 0.05) is 16.8 Å². The highest BCUT2D eigenvalue weighted by Gasteiger charge is 2.03. The highest BCUT2D eigenvalue weighted by Crippen LogP contribution is 2.23. The lowest BCUT2D eigenvalue weighted by Crippen LogP contribution is -2.20. The second-order valence-electron chi connectivity index (χ2n) is 4.77. The van der Waals surface area contributed by atoms with Gasteiger partial charge >= 0.3 is 0 Å². The van der Waals surface area contributed by atoms with Gasteiger partial charge in [-0.15, -0.1) is 0 Å². The molecular formula is C17H15N3S. The molecule has 0 atom stereocenters. The monoisotopic (exact) mass is 293 g/mol. The zero-order valence-corrected chi connectivity index (χ0v) is 12.4. The van der Waals surface area contributed by atoms with Crippen LogP contribution in [0.2, 0.25) is 0 Å². The Morgan fingerprint density at radius 2 is 1.67 bits per heavy atom. The van der Waals surface area contributed by atoms with Crippen LogP contribution in [0.5, 0.6) is 0 Å². The van der Waals surface area contributed by atoms with Crippen LogP contribution in [-0.2, 0) is 0 Å². The molecule has 0 amide bonds. The minimum absolute atomic E-state index is 0.532. The first-order valence-electron chi connectivity index (χ1n) is 6.72. The molecule has 0 aliphatic rings.